The Hall–Kier alpha value is -2.56. The van der Waals surface area contributed by atoms with Crippen LogP contribution in [0.3, 0.4) is 0 Å². The van der Waals surface area contributed by atoms with E-state index in [2.05, 4.69) is 15.0 Å². The molecule has 0 aliphatic carbocycles. The second-order valence-corrected chi connectivity index (χ2v) is 5.95. The molecule has 3 aromatic rings. The molecule has 0 bridgehead atoms. The van der Waals surface area contributed by atoms with Gasteiger partial charge in [-0.25, -0.2) is 4.98 Å². The van der Waals surface area contributed by atoms with Crippen molar-refractivity contribution in [1.82, 2.24) is 15.0 Å². The molecule has 5 heteroatoms. The van der Waals surface area contributed by atoms with Crippen LogP contribution in [0.2, 0.25) is 0 Å². The predicted molar refractivity (Wildman–Crippen MR) is 86.2 cm³/mol. The fourth-order valence-corrected chi connectivity index (χ4v) is 2.63. The molecule has 0 saturated carbocycles. The lowest BCUT2D eigenvalue weighted by molar-refractivity contribution is 0.437. The van der Waals surface area contributed by atoms with E-state index in [1.54, 1.807) is 0 Å². The number of nitrogens with zero attached hydrogens (tertiary/aromatic N) is 1. The lowest BCUT2D eigenvalue weighted by atomic mass is 10.1. The summed E-state index contributed by atoms with van der Waals surface area (Å²) >= 11 is 0. The number of rotatable bonds is 4. The van der Waals surface area contributed by atoms with Crippen molar-refractivity contribution in [1.29, 1.82) is 0 Å². The van der Waals surface area contributed by atoms with E-state index >= 15 is 0 Å². The molecule has 5 nitrogen and oxygen atoms in total. The van der Waals surface area contributed by atoms with Crippen LogP contribution in [0, 0.1) is 5.92 Å². The third-order valence-corrected chi connectivity index (χ3v) is 3.68. The fraction of sp³-hybridized carbons (Fsp3) is 0.294. The number of hydrogen-bond acceptors (Lipinski definition) is 3. The van der Waals surface area contributed by atoms with Crippen LogP contribution in [0.15, 0.2) is 35.3 Å². The first kappa shape index (κ1) is 14.4. The van der Waals surface area contributed by atoms with E-state index in [0.717, 1.165) is 16.5 Å². The molecule has 0 atom stereocenters. The molecule has 3 N–H and O–H groups in total. The van der Waals surface area contributed by atoms with Gasteiger partial charge in [0.1, 0.15) is 5.69 Å². The van der Waals surface area contributed by atoms with Gasteiger partial charge in [-0.05, 0) is 24.0 Å². The molecule has 1 aromatic carbocycles. The number of H-pyrrole nitrogens is 2. The molecule has 3 rings (SSSR count). The van der Waals surface area contributed by atoms with Crippen molar-refractivity contribution in [3.63, 3.8) is 0 Å². The van der Waals surface area contributed by atoms with Crippen molar-refractivity contribution >= 4 is 10.9 Å². The summed E-state index contributed by atoms with van der Waals surface area (Å²) in [7, 11) is 0. The quantitative estimate of drug-likeness (QED) is 0.692. The third-order valence-electron chi connectivity index (χ3n) is 3.68. The highest BCUT2D eigenvalue weighted by Crippen LogP contribution is 2.22. The molecule has 0 amide bonds. The molecule has 22 heavy (non-hydrogen) atoms. The average molecular weight is 297 g/mol. The number of benzene rings is 1. The number of aromatic amines is 2. The zero-order chi connectivity index (χ0) is 15.7. The van der Waals surface area contributed by atoms with Gasteiger partial charge in [-0.15, -0.1) is 0 Å². The summed E-state index contributed by atoms with van der Waals surface area (Å²) in [5, 5.41) is 11.2. The molecule has 0 spiro atoms. The zero-order valence-corrected chi connectivity index (χ0v) is 12.7. The van der Waals surface area contributed by atoms with Gasteiger partial charge < -0.3 is 15.1 Å². The average Bonchev–Trinajstić information content (AvgIpc) is 2.87. The van der Waals surface area contributed by atoms with E-state index in [9.17, 15) is 9.90 Å². The number of aromatic hydroxyl groups is 1. The van der Waals surface area contributed by atoms with Crippen LogP contribution < -0.4 is 5.56 Å². The van der Waals surface area contributed by atoms with Gasteiger partial charge in [0.25, 0.3) is 5.56 Å². The van der Waals surface area contributed by atoms with E-state index in [1.165, 1.54) is 0 Å². The number of aromatic nitrogens is 3. The van der Waals surface area contributed by atoms with E-state index in [1.807, 2.05) is 44.3 Å². The highest BCUT2D eigenvalue weighted by Gasteiger charge is 2.13. The van der Waals surface area contributed by atoms with E-state index in [-0.39, 0.29) is 11.4 Å². The number of fused-ring (bicyclic) bond motifs is 1. The van der Waals surface area contributed by atoms with Crippen molar-refractivity contribution in [3.05, 3.63) is 57.8 Å². The van der Waals surface area contributed by atoms with Gasteiger partial charge in [-0.1, -0.05) is 32.0 Å². The smallest absolute Gasteiger partial charge is 0.270 e. The Labute approximate surface area is 128 Å². The Kier molecular flexibility index (Phi) is 3.71. The van der Waals surface area contributed by atoms with Crippen LogP contribution in [0.1, 0.15) is 30.8 Å². The molecule has 114 valence electrons. The minimum Gasteiger partial charge on any atom is -0.492 e. The molecule has 0 saturated heterocycles. The highest BCUT2D eigenvalue weighted by molar-refractivity contribution is 5.83. The molecule has 2 heterocycles. The van der Waals surface area contributed by atoms with Gasteiger partial charge in [0.15, 0.2) is 0 Å². The molecular formula is C17H19N3O2. The number of para-hydroxylation sites is 1. The topological polar surface area (TPSA) is 81.8 Å². The van der Waals surface area contributed by atoms with Crippen LogP contribution in [-0.2, 0) is 12.8 Å². The lowest BCUT2D eigenvalue weighted by Gasteiger charge is -2.07. The van der Waals surface area contributed by atoms with E-state index < -0.39 is 0 Å². The molecule has 0 aliphatic heterocycles. The van der Waals surface area contributed by atoms with Crippen molar-refractivity contribution in [2.45, 2.75) is 26.7 Å². The van der Waals surface area contributed by atoms with E-state index in [4.69, 9.17) is 0 Å². The monoisotopic (exact) mass is 297 g/mol. The fourth-order valence-electron chi connectivity index (χ4n) is 2.63. The van der Waals surface area contributed by atoms with Crippen molar-refractivity contribution in [3.8, 4) is 5.88 Å². The van der Waals surface area contributed by atoms with Crippen LogP contribution in [-0.4, -0.2) is 20.1 Å². The van der Waals surface area contributed by atoms with Crippen LogP contribution in [0.5, 0.6) is 5.88 Å². The summed E-state index contributed by atoms with van der Waals surface area (Å²) in [5.41, 5.74) is 2.66. The SMILES string of the molecule is CC(C)Cc1nc(O)c(Cc2c[nH]c3ccccc23)[nH]c1=O. The summed E-state index contributed by atoms with van der Waals surface area (Å²) in [6, 6.07) is 7.93. The number of hydrogen-bond donors (Lipinski definition) is 3. The minimum absolute atomic E-state index is 0.0967. The maximum atomic E-state index is 12.1. The van der Waals surface area contributed by atoms with Crippen molar-refractivity contribution in [2.24, 2.45) is 5.92 Å². The predicted octanol–water partition coefficient (Wildman–Crippen LogP) is 2.75. The minimum atomic E-state index is -0.221. The Morgan fingerprint density at radius 2 is 2.05 bits per heavy atom. The molecule has 2 aromatic heterocycles. The maximum absolute atomic E-state index is 12.1. The van der Waals surface area contributed by atoms with Crippen molar-refractivity contribution < 1.29 is 5.11 Å². The Morgan fingerprint density at radius 1 is 1.27 bits per heavy atom. The van der Waals surface area contributed by atoms with E-state index in [0.29, 0.717) is 30.1 Å². The second-order valence-electron chi connectivity index (χ2n) is 5.95. The zero-order valence-electron chi connectivity index (χ0n) is 12.7. The summed E-state index contributed by atoms with van der Waals surface area (Å²) in [6.07, 6.45) is 2.88. The van der Waals surface area contributed by atoms with Crippen LogP contribution in [0.25, 0.3) is 10.9 Å². The number of nitrogens with one attached hydrogen (secondary N) is 2. The normalized spacial score (nSPS) is 11.4. The lowest BCUT2D eigenvalue weighted by Crippen LogP contribution is -2.19. The van der Waals surface area contributed by atoms with Gasteiger partial charge in [0, 0.05) is 23.5 Å². The third kappa shape index (κ3) is 2.74. The Balaban J connectivity index is 1.96. The molecular weight excluding hydrogens is 278 g/mol. The first-order valence-electron chi connectivity index (χ1n) is 7.40. The van der Waals surface area contributed by atoms with Crippen LogP contribution >= 0.6 is 0 Å². The van der Waals surface area contributed by atoms with Gasteiger partial charge in [-0.3, -0.25) is 4.79 Å². The first-order valence-corrected chi connectivity index (χ1v) is 7.40. The summed E-state index contributed by atoms with van der Waals surface area (Å²) in [5.74, 6) is 0.216. The molecule has 0 radical (unpaired) electrons. The van der Waals surface area contributed by atoms with Gasteiger partial charge in [0.2, 0.25) is 5.88 Å². The highest BCUT2D eigenvalue weighted by atomic mass is 16.3. The first-order chi connectivity index (χ1) is 10.5. The van der Waals surface area contributed by atoms with Gasteiger partial charge >= 0.3 is 0 Å². The Bertz CT molecular complexity index is 862. The summed E-state index contributed by atoms with van der Waals surface area (Å²) in [6.45, 7) is 4.02. The van der Waals surface area contributed by atoms with Crippen LogP contribution in [0.4, 0.5) is 0 Å². The second kappa shape index (κ2) is 5.67. The Morgan fingerprint density at radius 3 is 2.82 bits per heavy atom. The summed E-state index contributed by atoms with van der Waals surface area (Å²) in [4.78, 5) is 22.1. The molecule has 0 fully saturated rings. The van der Waals surface area contributed by atoms with Crippen molar-refractivity contribution in [2.75, 3.05) is 0 Å². The standard InChI is InChI=1S/C17H19N3O2/c1-10(2)7-14-16(21)20-15(17(22)19-14)8-11-9-18-13-6-4-3-5-12(11)13/h3-6,9-10,18H,7-8H2,1-2H3,(H,19,22)(H,20,21). The largest absolute Gasteiger partial charge is 0.492 e. The maximum Gasteiger partial charge on any atom is 0.270 e. The summed E-state index contributed by atoms with van der Waals surface area (Å²) < 4.78 is 0. The molecule has 0 unspecified atom stereocenters. The van der Waals surface area contributed by atoms with Gasteiger partial charge in [-0.2, -0.15) is 0 Å². The van der Waals surface area contributed by atoms with Gasteiger partial charge in [0.05, 0.1) is 5.69 Å². The molecule has 0 aliphatic rings.